The van der Waals surface area contributed by atoms with Crippen molar-refractivity contribution in [3.8, 4) is 0 Å². The van der Waals surface area contributed by atoms with Gasteiger partial charge in [0.15, 0.2) is 0 Å². The topological polar surface area (TPSA) is 60.7 Å². The van der Waals surface area contributed by atoms with E-state index in [0.29, 0.717) is 24.7 Å². The molecule has 2 saturated carbocycles. The quantitative estimate of drug-likeness (QED) is 0.444. The highest BCUT2D eigenvalue weighted by Crippen LogP contribution is 2.57. The second kappa shape index (κ2) is 9.77. The summed E-state index contributed by atoms with van der Waals surface area (Å²) in [6, 6.07) is 0. The van der Waals surface area contributed by atoms with E-state index in [1.807, 2.05) is 13.8 Å². The Balaban J connectivity index is 1.72. The van der Waals surface area contributed by atoms with Gasteiger partial charge in [0.1, 0.15) is 0 Å². The summed E-state index contributed by atoms with van der Waals surface area (Å²) in [6.45, 7) is 12.9. The first-order valence-corrected chi connectivity index (χ1v) is 12.4. The maximum Gasteiger partial charge on any atom is 0.0591 e. The molecule has 0 unspecified atom stereocenters. The number of aliphatic hydroxyl groups is 3. The Morgan fingerprint density at radius 1 is 1.32 bits per heavy atom. The third-order valence-electron chi connectivity index (χ3n) is 8.20. The van der Waals surface area contributed by atoms with E-state index in [1.165, 1.54) is 18.4 Å². The molecule has 3 nitrogen and oxygen atoms in total. The van der Waals surface area contributed by atoms with Crippen LogP contribution >= 0.6 is 0 Å². The lowest BCUT2D eigenvalue weighted by atomic mass is 9.62. The first kappa shape index (κ1) is 24.5. The molecule has 0 amide bonds. The van der Waals surface area contributed by atoms with Gasteiger partial charge in [-0.2, -0.15) is 0 Å². The van der Waals surface area contributed by atoms with Crippen LogP contribution in [0.15, 0.2) is 47.1 Å². The second-order valence-electron chi connectivity index (χ2n) is 11.3. The van der Waals surface area contributed by atoms with Gasteiger partial charge in [-0.25, -0.2) is 0 Å². The summed E-state index contributed by atoms with van der Waals surface area (Å²) >= 11 is 0. The average molecular weight is 429 g/mol. The molecular formula is C28H44O3. The molecule has 0 bridgehead atoms. The molecule has 0 aromatic rings. The largest absolute Gasteiger partial charge is 0.396 e. The third kappa shape index (κ3) is 5.61. The molecule has 0 saturated heterocycles. The minimum atomic E-state index is -0.573. The van der Waals surface area contributed by atoms with E-state index in [4.69, 9.17) is 0 Å². The zero-order chi connectivity index (χ0) is 22.8. The van der Waals surface area contributed by atoms with Crippen molar-refractivity contribution >= 4 is 0 Å². The van der Waals surface area contributed by atoms with Gasteiger partial charge >= 0.3 is 0 Å². The van der Waals surface area contributed by atoms with E-state index in [0.717, 1.165) is 43.3 Å². The summed E-state index contributed by atoms with van der Waals surface area (Å²) in [5, 5.41) is 29.9. The van der Waals surface area contributed by atoms with Crippen LogP contribution < -0.4 is 0 Å². The molecule has 3 rings (SSSR count). The molecule has 0 aromatic heterocycles. The number of fused-ring (bicyclic) bond motifs is 1. The predicted molar refractivity (Wildman–Crippen MR) is 129 cm³/mol. The molecule has 174 valence electrons. The van der Waals surface area contributed by atoms with Crippen molar-refractivity contribution in [2.45, 2.75) is 97.2 Å². The Morgan fingerprint density at radius 2 is 2.06 bits per heavy atom. The van der Waals surface area contributed by atoms with Crippen LogP contribution in [0.2, 0.25) is 0 Å². The fraction of sp³-hybridized carbons (Fsp3) is 0.714. The van der Waals surface area contributed by atoms with Gasteiger partial charge in [-0.3, -0.25) is 0 Å². The molecular weight excluding hydrogens is 384 g/mol. The summed E-state index contributed by atoms with van der Waals surface area (Å²) in [5.41, 5.74) is 4.93. The highest BCUT2D eigenvalue weighted by atomic mass is 16.3. The average Bonchev–Trinajstić information content (AvgIpc) is 3.04. The maximum atomic E-state index is 10.2. The first-order valence-electron chi connectivity index (χ1n) is 12.4. The van der Waals surface area contributed by atoms with Crippen LogP contribution in [0.1, 0.15) is 85.5 Å². The maximum absolute atomic E-state index is 10.2. The van der Waals surface area contributed by atoms with Crippen molar-refractivity contribution in [2.24, 2.45) is 23.2 Å². The number of allylic oxidation sites excluding steroid dienone is 5. The second-order valence-corrected chi connectivity index (χ2v) is 11.3. The highest BCUT2D eigenvalue weighted by Gasteiger charge is 2.45. The highest BCUT2D eigenvalue weighted by molar-refractivity contribution is 5.39. The van der Waals surface area contributed by atoms with E-state index in [9.17, 15) is 15.3 Å². The Kier molecular flexibility index (Phi) is 7.71. The smallest absolute Gasteiger partial charge is 0.0591 e. The van der Waals surface area contributed by atoms with Crippen molar-refractivity contribution in [1.29, 1.82) is 0 Å². The van der Waals surface area contributed by atoms with Crippen LogP contribution in [0.25, 0.3) is 0 Å². The molecule has 2 fully saturated rings. The standard InChI is InChI=1S/C28H44O3/c1-19(8-6-14-27(3,4)31)25-12-13-26-21(9-7-15-28(25,26)5)10-11-22-16-24(30)17-23(18-29)20(22)2/h10-12,19,23-24,26,29-31H,2,6-9,13-18H2,1,3-5H3/b21-10+,22-11-/t19-,23-,24-,26+,28-/m1/s1. The minimum Gasteiger partial charge on any atom is -0.396 e. The zero-order valence-corrected chi connectivity index (χ0v) is 20.2. The fourth-order valence-corrected chi connectivity index (χ4v) is 6.38. The van der Waals surface area contributed by atoms with Crippen molar-refractivity contribution in [1.82, 2.24) is 0 Å². The molecule has 0 radical (unpaired) electrons. The minimum absolute atomic E-state index is 0.0190. The van der Waals surface area contributed by atoms with Crippen LogP contribution in [-0.4, -0.2) is 33.6 Å². The number of aliphatic hydroxyl groups excluding tert-OH is 2. The van der Waals surface area contributed by atoms with Gasteiger partial charge in [0, 0.05) is 5.92 Å². The van der Waals surface area contributed by atoms with E-state index >= 15 is 0 Å². The molecule has 0 aromatic carbocycles. The molecule has 3 N–H and O–H groups in total. The van der Waals surface area contributed by atoms with Crippen molar-refractivity contribution in [3.05, 3.63) is 47.1 Å². The Morgan fingerprint density at radius 3 is 2.74 bits per heavy atom. The molecule has 5 atom stereocenters. The van der Waals surface area contributed by atoms with Gasteiger partial charge in [-0.1, -0.05) is 56.2 Å². The van der Waals surface area contributed by atoms with E-state index < -0.39 is 5.60 Å². The van der Waals surface area contributed by atoms with Crippen molar-refractivity contribution in [3.63, 3.8) is 0 Å². The number of hydrogen-bond donors (Lipinski definition) is 3. The van der Waals surface area contributed by atoms with Crippen LogP contribution in [0.3, 0.4) is 0 Å². The van der Waals surface area contributed by atoms with Gasteiger partial charge in [0.25, 0.3) is 0 Å². The van der Waals surface area contributed by atoms with E-state index in [2.05, 4.69) is 38.7 Å². The van der Waals surface area contributed by atoms with Crippen LogP contribution in [0, 0.1) is 23.2 Å². The first-order chi connectivity index (χ1) is 14.5. The summed E-state index contributed by atoms with van der Waals surface area (Å²) in [6.07, 6.45) is 15.7. The third-order valence-corrected chi connectivity index (χ3v) is 8.20. The van der Waals surface area contributed by atoms with Gasteiger partial charge < -0.3 is 15.3 Å². The Hall–Kier alpha value is -1.16. The van der Waals surface area contributed by atoms with Crippen molar-refractivity contribution < 1.29 is 15.3 Å². The Labute approximate surface area is 189 Å². The van der Waals surface area contributed by atoms with Gasteiger partial charge in [-0.05, 0) is 93.6 Å². The Bertz CT molecular complexity index is 751. The SMILES string of the molecule is C=C1/C(=C\C=C2/CCC[C@]3(C)C([C@H](C)CCCC(C)(C)O)=CC[C@@H]23)C[C@@H](O)C[C@@H]1CO. The van der Waals surface area contributed by atoms with Crippen LogP contribution in [-0.2, 0) is 0 Å². The van der Waals surface area contributed by atoms with Gasteiger partial charge in [0.2, 0.25) is 0 Å². The van der Waals surface area contributed by atoms with Crippen molar-refractivity contribution in [2.75, 3.05) is 6.61 Å². The lowest BCUT2D eigenvalue weighted by Crippen LogP contribution is -2.32. The predicted octanol–water partition coefficient (Wildman–Crippen LogP) is 5.87. The molecule has 3 aliphatic carbocycles. The molecule has 3 aliphatic rings. The lowest BCUT2D eigenvalue weighted by molar-refractivity contribution is 0.0670. The van der Waals surface area contributed by atoms with Crippen LogP contribution in [0.4, 0.5) is 0 Å². The molecule has 0 spiro atoms. The van der Waals surface area contributed by atoms with Crippen LogP contribution in [0.5, 0.6) is 0 Å². The normalized spacial score (nSPS) is 35.4. The number of hydrogen-bond acceptors (Lipinski definition) is 3. The zero-order valence-electron chi connectivity index (χ0n) is 20.2. The van der Waals surface area contributed by atoms with Gasteiger partial charge in [0.05, 0.1) is 18.3 Å². The summed E-state index contributed by atoms with van der Waals surface area (Å²) in [7, 11) is 0. The van der Waals surface area contributed by atoms with E-state index in [-0.39, 0.29) is 24.0 Å². The molecule has 31 heavy (non-hydrogen) atoms. The molecule has 0 aliphatic heterocycles. The fourth-order valence-electron chi connectivity index (χ4n) is 6.38. The van der Waals surface area contributed by atoms with E-state index in [1.54, 1.807) is 5.57 Å². The van der Waals surface area contributed by atoms with Gasteiger partial charge in [-0.15, -0.1) is 0 Å². The molecule has 0 heterocycles. The summed E-state index contributed by atoms with van der Waals surface area (Å²) < 4.78 is 0. The summed E-state index contributed by atoms with van der Waals surface area (Å²) in [5.74, 6) is 1.11. The summed E-state index contributed by atoms with van der Waals surface area (Å²) in [4.78, 5) is 0. The number of rotatable bonds is 7. The monoisotopic (exact) mass is 428 g/mol. The lowest BCUT2D eigenvalue weighted by Gasteiger charge is -2.42. The molecule has 3 heteroatoms.